The highest BCUT2D eigenvalue weighted by Gasteiger charge is 2.15. The summed E-state index contributed by atoms with van der Waals surface area (Å²) in [4.78, 5) is 0. The molecular formula is C27H18N2. The third-order valence-electron chi connectivity index (χ3n) is 6.48. The van der Waals surface area contributed by atoms with Crippen molar-refractivity contribution in [2.24, 2.45) is 7.05 Å². The van der Waals surface area contributed by atoms with Gasteiger partial charge in [-0.2, -0.15) is 0 Å². The molecule has 0 saturated carbocycles. The number of pyridine rings is 1. The lowest BCUT2D eigenvalue weighted by Crippen LogP contribution is -1.92. The molecule has 0 amide bonds. The summed E-state index contributed by atoms with van der Waals surface area (Å²) in [5.41, 5.74) is 6.34. The quantitative estimate of drug-likeness (QED) is 0.253. The Morgan fingerprint density at radius 1 is 0.448 bits per heavy atom. The van der Waals surface area contributed by atoms with E-state index in [1.807, 2.05) is 0 Å². The lowest BCUT2D eigenvalue weighted by Gasteiger charge is -2.11. The second-order valence-electron chi connectivity index (χ2n) is 7.93. The van der Waals surface area contributed by atoms with Gasteiger partial charge in [-0.25, -0.2) is 0 Å². The molecule has 0 aliphatic carbocycles. The molecule has 0 radical (unpaired) electrons. The molecular weight excluding hydrogens is 352 g/mol. The van der Waals surface area contributed by atoms with Crippen molar-refractivity contribution in [1.29, 1.82) is 0 Å². The Balaban J connectivity index is 1.86. The summed E-state index contributed by atoms with van der Waals surface area (Å²) in [6.07, 6.45) is 0. The van der Waals surface area contributed by atoms with E-state index in [4.69, 9.17) is 0 Å². The summed E-state index contributed by atoms with van der Waals surface area (Å²) >= 11 is 0. The Morgan fingerprint density at radius 3 is 1.86 bits per heavy atom. The number of benzene rings is 4. The molecule has 0 saturated heterocycles. The standard InChI is InChI=1S/C27H18N2/c1-28-24-13-7-5-11-20(24)22-15-21-18-9-3-4-10-19(18)26-14-17-8-2-6-12-23(17)29(26)27(21)16-25(22)28/h2-16H,1H3. The van der Waals surface area contributed by atoms with E-state index < -0.39 is 0 Å². The zero-order chi connectivity index (χ0) is 19.1. The van der Waals surface area contributed by atoms with Gasteiger partial charge in [-0.3, -0.25) is 0 Å². The zero-order valence-electron chi connectivity index (χ0n) is 16.1. The number of hydrogen-bond donors (Lipinski definition) is 0. The second kappa shape index (κ2) is 5.18. The van der Waals surface area contributed by atoms with Gasteiger partial charge in [-0.1, -0.05) is 60.7 Å². The van der Waals surface area contributed by atoms with Gasteiger partial charge in [0.15, 0.2) is 0 Å². The molecule has 0 fully saturated rings. The molecule has 0 atom stereocenters. The molecule has 136 valence electrons. The normalized spacial score (nSPS) is 12.3. The molecule has 3 aromatic heterocycles. The van der Waals surface area contributed by atoms with E-state index in [1.165, 1.54) is 59.9 Å². The SMILES string of the molecule is Cn1c2ccccc2c2cc3c4ccccc4c4cc5ccccc5n4c3cc21. The maximum Gasteiger partial charge on any atom is 0.0561 e. The summed E-state index contributed by atoms with van der Waals surface area (Å²) in [5.74, 6) is 0. The van der Waals surface area contributed by atoms with Gasteiger partial charge >= 0.3 is 0 Å². The number of para-hydroxylation sites is 2. The van der Waals surface area contributed by atoms with Crippen LogP contribution < -0.4 is 0 Å². The van der Waals surface area contributed by atoms with E-state index in [9.17, 15) is 0 Å². The summed E-state index contributed by atoms with van der Waals surface area (Å²) in [6, 6.07) is 33.2. The van der Waals surface area contributed by atoms with E-state index >= 15 is 0 Å². The average molecular weight is 370 g/mol. The highest BCUT2D eigenvalue weighted by atomic mass is 14.9. The first kappa shape index (κ1) is 15.2. The molecule has 2 nitrogen and oxygen atoms in total. The molecule has 7 rings (SSSR count). The van der Waals surface area contributed by atoms with Crippen LogP contribution in [0.1, 0.15) is 0 Å². The van der Waals surface area contributed by atoms with Gasteiger partial charge in [-0.15, -0.1) is 0 Å². The van der Waals surface area contributed by atoms with E-state index in [1.54, 1.807) is 0 Å². The Labute approximate surface area is 167 Å². The minimum absolute atomic E-state index is 1.26. The first-order valence-electron chi connectivity index (χ1n) is 10.0. The van der Waals surface area contributed by atoms with Gasteiger partial charge in [0.05, 0.1) is 22.1 Å². The van der Waals surface area contributed by atoms with Crippen molar-refractivity contribution in [1.82, 2.24) is 8.97 Å². The van der Waals surface area contributed by atoms with Crippen LogP contribution in [-0.2, 0) is 7.05 Å². The van der Waals surface area contributed by atoms with Crippen molar-refractivity contribution in [3.63, 3.8) is 0 Å². The van der Waals surface area contributed by atoms with Gasteiger partial charge in [0.1, 0.15) is 0 Å². The molecule has 29 heavy (non-hydrogen) atoms. The van der Waals surface area contributed by atoms with Gasteiger partial charge in [-0.05, 0) is 35.7 Å². The van der Waals surface area contributed by atoms with Gasteiger partial charge in [0.25, 0.3) is 0 Å². The summed E-state index contributed by atoms with van der Waals surface area (Å²) in [7, 11) is 2.17. The number of aryl methyl sites for hydroxylation is 1. The van der Waals surface area contributed by atoms with Crippen LogP contribution in [0.2, 0.25) is 0 Å². The Hall–Kier alpha value is -3.78. The van der Waals surface area contributed by atoms with E-state index in [0.29, 0.717) is 0 Å². The van der Waals surface area contributed by atoms with E-state index in [0.717, 1.165) is 0 Å². The summed E-state index contributed by atoms with van der Waals surface area (Å²) in [6.45, 7) is 0. The number of fused-ring (bicyclic) bond motifs is 11. The van der Waals surface area contributed by atoms with Crippen molar-refractivity contribution >= 4 is 59.9 Å². The largest absolute Gasteiger partial charge is 0.344 e. The molecule has 0 bridgehead atoms. The Kier molecular flexibility index (Phi) is 2.71. The molecule has 2 heteroatoms. The predicted octanol–water partition coefficient (Wildman–Crippen LogP) is 7.04. The van der Waals surface area contributed by atoms with Crippen molar-refractivity contribution in [3.8, 4) is 0 Å². The third kappa shape index (κ3) is 1.81. The molecule has 0 spiro atoms. The number of hydrogen-bond acceptors (Lipinski definition) is 0. The summed E-state index contributed by atoms with van der Waals surface area (Å²) in [5, 5.41) is 7.83. The smallest absolute Gasteiger partial charge is 0.0561 e. The van der Waals surface area contributed by atoms with Crippen LogP contribution in [0.3, 0.4) is 0 Å². The second-order valence-corrected chi connectivity index (χ2v) is 7.93. The van der Waals surface area contributed by atoms with E-state index in [-0.39, 0.29) is 0 Å². The fourth-order valence-electron chi connectivity index (χ4n) is 5.15. The lowest BCUT2D eigenvalue weighted by atomic mass is 10.0. The van der Waals surface area contributed by atoms with Crippen LogP contribution in [0.15, 0.2) is 91.0 Å². The molecule has 3 heterocycles. The fraction of sp³-hybridized carbons (Fsp3) is 0.0370. The number of rotatable bonds is 0. The first-order valence-corrected chi connectivity index (χ1v) is 10.0. The Morgan fingerprint density at radius 2 is 1.03 bits per heavy atom. The van der Waals surface area contributed by atoms with Crippen LogP contribution >= 0.6 is 0 Å². The topological polar surface area (TPSA) is 9.34 Å². The number of nitrogens with zero attached hydrogens (tertiary/aromatic N) is 2. The van der Waals surface area contributed by atoms with E-state index in [2.05, 4.69) is 107 Å². The Bertz CT molecular complexity index is 1760. The van der Waals surface area contributed by atoms with Crippen LogP contribution in [0, 0.1) is 0 Å². The van der Waals surface area contributed by atoms with Crippen molar-refractivity contribution in [3.05, 3.63) is 91.0 Å². The zero-order valence-corrected chi connectivity index (χ0v) is 16.1. The van der Waals surface area contributed by atoms with Crippen LogP contribution in [-0.4, -0.2) is 8.97 Å². The van der Waals surface area contributed by atoms with Gasteiger partial charge in [0, 0.05) is 39.5 Å². The average Bonchev–Trinajstić information content (AvgIpc) is 3.30. The fourth-order valence-corrected chi connectivity index (χ4v) is 5.15. The third-order valence-corrected chi connectivity index (χ3v) is 6.48. The molecule has 0 aliphatic heterocycles. The lowest BCUT2D eigenvalue weighted by molar-refractivity contribution is 1.01. The van der Waals surface area contributed by atoms with Crippen molar-refractivity contribution in [2.75, 3.05) is 0 Å². The van der Waals surface area contributed by atoms with Gasteiger partial charge < -0.3 is 8.97 Å². The molecule has 0 unspecified atom stereocenters. The summed E-state index contributed by atoms with van der Waals surface area (Å²) < 4.78 is 4.75. The highest BCUT2D eigenvalue weighted by molar-refractivity contribution is 6.21. The van der Waals surface area contributed by atoms with Crippen LogP contribution in [0.5, 0.6) is 0 Å². The maximum absolute atomic E-state index is 2.43. The molecule has 7 aromatic rings. The highest BCUT2D eigenvalue weighted by Crippen LogP contribution is 2.38. The van der Waals surface area contributed by atoms with Crippen molar-refractivity contribution in [2.45, 2.75) is 0 Å². The van der Waals surface area contributed by atoms with Crippen LogP contribution in [0.25, 0.3) is 59.9 Å². The number of aromatic nitrogens is 2. The monoisotopic (exact) mass is 370 g/mol. The van der Waals surface area contributed by atoms with Crippen LogP contribution in [0.4, 0.5) is 0 Å². The minimum Gasteiger partial charge on any atom is -0.344 e. The minimum atomic E-state index is 1.26. The maximum atomic E-state index is 2.43. The van der Waals surface area contributed by atoms with Gasteiger partial charge in [0.2, 0.25) is 0 Å². The first-order chi connectivity index (χ1) is 14.3. The van der Waals surface area contributed by atoms with Crippen molar-refractivity contribution < 1.29 is 0 Å². The molecule has 4 aromatic carbocycles. The molecule has 0 aliphatic rings. The molecule has 0 N–H and O–H groups in total. The predicted molar refractivity (Wildman–Crippen MR) is 124 cm³/mol.